The zero-order valence-corrected chi connectivity index (χ0v) is 17.0. The largest absolute Gasteiger partial charge is 0.478 e. The van der Waals surface area contributed by atoms with Gasteiger partial charge in [-0.1, -0.05) is 6.92 Å². The molecule has 0 radical (unpaired) electrons. The average Bonchev–Trinajstić information content (AvgIpc) is 3.52. The number of fused-ring (bicyclic) bond motifs is 1. The Hall–Kier alpha value is -4.00. The molecule has 1 aliphatic carbocycles. The summed E-state index contributed by atoms with van der Waals surface area (Å²) in [5.74, 6) is -1.90. The number of hydrogen-bond acceptors (Lipinski definition) is 7. The Balaban J connectivity index is 0.000000628. The first-order valence-electron chi connectivity index (χ1n) is 9.83. The summed E-state index contributed by atoms with van der Waals surface area (Å²) in [6.45, 7) is 1.82. The van der Waals surface area contributed by atoms with Crippen molar-refractivity contribution in [3.63, 3.8) is 0 Å². The van der Waals surface area contributed by atoms with E-state index >= 15 is 0 Å². The molecule has 4 rings (SSSR count). The van der Waals surface area contributed by atoms with E-state index in [1.807, 2.05) is 19.1 Å². The summed E-state index contributed by atoms with van der Waals surface area (Å²) in [5, 5.41) is 21.6. The van der Waals surface area contributed by atoms with Crippen LogP contribution < -0.4 is 0 Å². The Bertz CT molecular complexity index is 1130. The van der Waals surface area contributed by atoms with Crippen LogP contribution in [0.15, 0.2) is 43.1 Å². The molecule has 3 heterocycles. The van der Waals surface area contributed by atoms with Gasteiger partial charge in [-0.2, -0.15) is 10.4 Å². The molecule has 10 nitrogen and oxygen atoms in total. The smallest absolute Gasteiger partial charge is 0.333 e. The molecule has 0 spiro atoms. The molecule has 0 amide bonds. The average molecular weight is 422 g/mol. The number of esters is 1. The molecule has 1 aliphatic rings. The van der Waals surface area contributed by atoms with Crippen LogP contribution in [0, 0.1) is 11.3 Å². The second-order valence-electron chi connectivity index (χ2n) is 6.89. The van der Waals surface area contributed by atoms with Crippen molar-refractivity contribution in [3.8, 4) is 17.3 Å². The van der Waals surface area contributed by atoms with Gasteiger partial charge in [0.1, 0.15) is 12.0 Å². The Kier molecular flexibility index (Phi) is 6.77. The van der Waals surface area contributed by atoms with E-state index in [0.717, 1.165) is 47.3 Å². The van der Waals surface area contributed by atoms with Gasteiger partial charge in [-0.25, -0.2) is 24.2 Å². The first kappa shape index (κ1) is 21.7. The van der Waals surface area contributed by atoms with E-state index in [4.69, 9.17) is 15.1 Å². The predicted molar refractivity (Wildman–Crippen MR) is 110 cm³/mol. The van der Waals surface area contributed by atoms with Crippen molar-refractivity contribution in [2.75, 3.05) is 0 Å². The molecule has 0 unspecified atom stereocenters. The highest BCUT2D eigenvalue weighted by atomic mass is 16.6. The van der Waals surface area contributed by atoms with Gasteiger partial charge in [0.15, 0.2) is 0 Å². The monoisotopic (exact) mass is 422 g/mol. The molecule has 10 heteroatoms. The number of nitriles is 1. The number of rotatable bonds is 5. The van der Waals surface area contributed by atoms with E-state index in [2.05, 4.69) is 20.1 Å². The van der Waals surface area contributed by atoms with Crippen molar-refractivity contribution in [1.82, 2.24) is 24.7 Å². The minimum absolute atomic E-state index is 0.615. The summed E-state index contributed by atoms with van der Waals surface area (Å²) in [4.78, 5) is 34.2. The van der Waals surface area contributed by atoms with E-state index in [1.54, 1.807) is 23.3 Å². The molecular weight excluding hydrogens is 400 g/mol. The van der Waals surface area contributed by atoms with Crippen LogP contribution in [-0.4, -0.2) is 41.8 Å². The maximum atomic E-state index is 12.1. The third kappa shape index (κ3) is 4.95. The molecule has 0 aliphatic heterocycles. The lowest BCUT2D eigenvalue weighted by molar-refractivity contribution is -0.167. The molecule has 1 saturated carbocycles. The fraction of sp³-hybridized carbons (Fsp3) is 0.333. The Morgan fingerprint density at radius 3 is 2.77 bits per heavy atom. The SMILES string of the molecule is CCC#N.O=C(O)/C=C\C(=O)OC1(n2cc(-c3ncnc4[nH]ccc34)cn2)CCCC1. The third-order valence-corrected chi connectivity index (χ3v) is 4.82. The summed E-state index contributed by atoms with van der Waals surface area (Å²) in [7, 11) is 0. The zero-order chi connectivity index (χ0) is 22.3. The van der Waals surface area contributed by atoms with Gasteiger partial charge in [0, 0.05) is 54.8 Å². The van der Waals surface area contributed by atoms with Crippen molar-refractivity contribution in [1.29, 1.82) is 5.26 Å². The van der Waals surface area contributed by atoms with Gasteiger partial charge in [0.2, 0.25) is 5.72 Å². The van der Waals surface area contributed by atoms with Gasteiger partial charge < -0.3 is 14.8 Å². The molecule has 0 aromatic carbocycles. The fourth-order valence-corrected chi connectivity index (χ4v) is 3.44. The number of carbonyl (C=O) groups excluding carboxylic acids is 1. The molecule has 31 heavy (non-hydrogen) atoms. The van der Waals surface area contributed by atoms with Gasteiger partial charge in [-0.15, -0.1) is 0 Å². The van der Waals surface area contributed by atoms with E-state index in [0.29, 0.717) is 19.3 Å². The predicted octanol–water partition coefficient (Wildman–Crippen LogP) is 3.15. The van der Waals surface area contributed by atoms with Crippen LogP contribution in [0.3, 0.4) is 0 Å². The van der Waals surface area contributed by atoms with Crippen LogP contribution in [0.2, 0.25) is 0 Å². The number of nitrogens with zero attached hydrogens (tertiary/aromatic N) is 5. The van der Waals surface area contributed by atoms with Crippen molar-refractivity contribution in [2.24, 2.45) is 0 Å². The highest BCUT2D eigenvalue weighted by Crippen LogP contribution is 2.38. The molecule has 3 aromatic rings. The normalized spacial score (nSPS) is 14.7. The Morgan fingerprint density at radius 1 is 1.35 bits per heavy atom. The summed E-state index contributed by atoms with van der Waals surface area (Å²) < 4.78 is 7.27. The van der Waals surface area contributed by atoms with Crippen molar-refractivity contribution in [2.45, 2.75) is 44.8 Å². The highest BCUT2D eigenvalue weighted by molar-refractivity contribution is 5.91. The van der Waals surface area contributed by atoms with Crippen LogP contribution in [0.5, 0.6) is 0 Å². The molecule has 2 N–H and O–H groups in total. The van der Waals surface area contributed by atoms with Crippen LogP contribution in [0.25, 0.3) is 22.3 Å². The van der Waals surface area contributed by atoms with Gasteiger partial charge >= 0.3 is 11.9 Å². The van der Waals surface area contributed by atoms with E-state index < -0.39 is 17.7 Å². The minimum atomic E-state index is -1.20. The third-order valence-electron chi connectivity index (χ3n) is 4.82. The maximum Gasteiger partial charge on any atom is 0.333 e. The van der Waals surface area contributed by atoms with E-state index in [-0.39, 0.29) is 0 Å². The van der Waals surface area contributed by atoms with Crippen LogP contribution >= 0.6 is 0 Å². The second kappa shape index (κ2) is 9.67. The summed E-state index contributed by atoms with van der Waals surface area (Å²) in [6, 6.07) is 3.82. The first-order chi connectivity index (χ1) is 15.0. The van der Waals surface area contributed by atoms with Crippen LogP contribution in [-0.2, 0) is 20.1 Å². The fourth-order valence-electron chi connectivity index (χ4n) is 3.44. The number of hydrogen-bond donors (Lipinski definition) is 2. The number of aromatic amines is 1. The second-order valence-corrected chi connectivity index (χ2v) is 6.89. The number of aromatic nitrogens is 5. The summed E-state index contributed by atoms with van der Waals surface area (Å²) in [6.07, 6.45) is 12.1. The van der Waals surface area contributed by atoms with Crippen LogP contribution in [0.4, 0.5) is 0 Å². The van der Waals surface area contributed by atoms with E-state index in [9.17, 15) is 9.59 Å². The highest BCUT2D eigenvalue weighted by Gasteiger charge is 2.40. The number of carboxylic acids is 1. The van der Waals surface area contributed by atoms with Crippen molar-refractivity contribution < 1.29 is 19.4 Å². The van der Waals surface area contributed by atoms with Gasteiger partial charge in [-0.05, 0) is 18.9 Å². The standard InChI is InChI=1S/C18H17N5O4.C3H5N/c24-14(25)3-4-15(26)27-18(6-1-2-7-18)23-10-12(9-22-23)16-13-5-8-19-17(13)21-11-20-16;1-2-3-4/h3-5,8-11H,1-2,6-7H2,(H,24,25)(H,19,20,21);2H2,1H3/b4-3-;. The molecule has 1 fully saturated rings. The number of H-pyrrole nitrogens is 1. The maximum absolute atomic E-state index is 12.1. The first-order valence-corrected chi connectivity index (χ1v) is 9.83. The number of carboxylic acid groups (broad SMARTS) is 1. The van der Waals surface area contributed by atoms with Crippen LogP contribution in [0.1, 0.15) is 39.0 Å². The molecule has 160 valence electrons. The van der Waals surface area contributed by atoms with Gasteiger partial charge in [0.25, 0.3) is 0 Å². The minimum Gasteiger partial charge on any atom is -0.478 e. The van der Waals surface area contributed by atoms with Gasteiger partial charge in [-0.3, -0.25) is 0 Å². The number of aliphatic carboxylic acids is 1. The quantitative estimate of drug-likeness (QED) is 0.471. The lowest BCUT2D eigenvalue weighted by Gasteiger charge is -2.28. The molecular formula is C21H22N6O4. The van der Waals surface area contributed by atoms with E-state index in [1.165, 1.54) is 6.33 Å². The molecule has 0 saturated heterocycles. The Labute approximate surface area is 178 Å². The zero-order valence-electron chi connectivity index (χ0n) is 17.0. The van der Waals surface area contributed by atoms with Crippen molar-refractivity contribution >= 4 is 23.0 Å². The van der Waals surface area contributed by atoms with Crippen molar-refractivity contribution in [3.05, 3.63) is 43.1 Å². The lowest BCUT2D eigenvalue weighted by atomic mass is 10.1. The number of carbonyl (C=O) groups is 2. The Morgan fingerprint density at radius 2 is 2.10 bits per heavy atom. The number of nitrogens with one attached hydrogen (secondary N) is 1. The summed E-state index contributed by atoms with van der Waals surface area (Å²) >= 11 is 0. The van der Waals surface area contributed by atoms with Gasteiger partial charge in [0.05, 0.1) is 18.0 Å². The molecule has 0 bridgehead atoms. The lowest BCUT2D eigenvalue weighted by Crippen LogP contribution is -2.36. The topological polar surface area (TPSA) is 147 Å². The number of ether oxygens (including phenoxy) is 1. The summed E-state index contributed by atoms with van der Waals surface area (Å²) in [5.41, 5.74) is 1.33. The molecule has 3 aromatic heterocycles. The molecule has 0 atom stereocenters.